The van der Waals surface area contributed by atoms with Gasteiger partial charge >= 0.3 is 5.63 Å². The van der Waals surface area contributed by atoms with Gasteiger partial charge in [-0.15, -0.1) is 11.3 Å². The standard InChI is InChI=1S/C13H7BrO4S/c14-6-1-12(19-5-6)9-4-8-10(16)2-7(15)3-11(8)18-13(9)17/h1-5,15-16H. The smallest absolute Gasteiger partial charge is 0.345 e. The average Bonchev–Trinajstić information content (AvgIpc) is 2.74. The molecule has 19 heavy (non-hydrogen) atoms. The molecule has 0 saturated heterocycles. The Hall–Kier alpha value is -1.79. The van der Waals surface area contributed by atoms with Gasteiger partial charge in [0.05, 0.1) is 10.9 Å². The van der Waals surface area contributed by atoms with E-state index in [0.717, 1.165) is 9.35 Å². The normalized spacial score (nSPS) is 11.0. The first-order valence-corrected chi connectivity index (χ1v) is 6.96. The molecule has 1 aromatic carbocycles. The van der Waals surface area contributed by atoms with Gasteiger partial charge in [-0.2, -0.15) is 0 Å². The second kappa shape index (κ2) is 4.40. The molecule has 0 fully saturated rings. The largest absolute Gasteiger partial charge is 0.508 e. The quantitative estimate of drug-likeness (QED) is 0.664. The molecule has 0 atom stereocenters. The third-order valence-electron chi connectivity index (χ3n) is 2.65. The van der Waals surface area contributed by atoms with Crippen LogP contribution in [0.4, 0.5) is 0 Å². The van der Waals surface area contributed by atoms with Gasteiger partial charge in [-0.05, 0) is 28.1 Å². The van der Waals surface area contributed by atoms with E-state index in [4.69, 9.17) is 4.42 Å². The summed E-state index contributed by atoms with van der Waals surface area (Å²) in [6, 6.07) is 5.87. The van der Waals surface area contributed by atoms with Crippen LogP contribution in [0.15, 0.2) is 43.3 Å². The molecule has 2 N–H and O–H groups in total. The number of thiophene rings is 1. The van der Waals surface area contributed by atoms with Crippen molar-refractivity contribution in [2.24, 2.45) is 0 Å². The lowest BCUT2D eigenvalue weighted by Crippen LogP contribution is -2.01. The van der Waals surface area contributed by atoms with E-state index < -0.39 is 5.63 Å². The second-order valence-electron chi connectivity index (χ2n) is 3.95. The molecule has 0 saturated carbocycles. The second-order valence-corrected chi connectivity index (χ2v) is 5.78. The van der Waals surface area contributed by atoms with Crippen LogP contribution in [0.1, 0.15) is 0 Å². The van der Waals surface area contributed by atoms with E-state index in [1.54, 1.807) is 12.1 Å². The molecule has 3 rings (SSSR count). The van der Waals surface area contributed by atoms with Crippen LogP contribution in [-0.2, 0) is 0 Å². The lowest BCUT2D eigenvalue weighted by atomic mass is 10.1. The zero-order chi connectivity index (χ0) is 13.6. The molecular formula is C13H7BrO4S. The van der Waals surface area contributed by atoms with Gasteiger partial charge in [0.15, 0.2) is 0 Å². The Labute approximate surface area is 119 Å². The number of benzene rings is 1. The van der Waals surface area contributed by atoms with Crippen molar-refractivity contribution in [3.05, 3.63) is 44.5 Å². The van der Waals surface area contributed by atoms with E-state index in [1.165, 1.54) is 23.5 Å². The number of aromatic hydroxyl groups is 2. The van der Waals surface area contributed by atoms with E-state index in [-0.39, 0.29) is 17.1 Å². The van der Waals surface area contributed by atoms with Crippen LogP contribution < -0.4 is 5.63 Å². The van der Waals surface area contributed by atoms with Gasteiger partial charge < -0.3 is 14.6 Å². The highest BCUT2D eigenvalue weighted by Gasteiger charge is 2.12. The van der Waals surface area contributed by atoms with E-state index in [2.05, 4.69) is 15.9 Å². The fourth-order valence-corrected chi connectivity index (χ4v) is 3.24. The van der Waals surface area contributed by atoms with Gasteiger partial charge in [0.1, 0.15) is 17.1 Å². The van der Waals surface area contributed by atoms with Crippen molar-refractivity contribution in [3.8, 4) is 21.9 Å². The molecule has 0 aliphatic heterocycles. The fourth-order valence-electron chi connectivity index (χ4n) is 1.81. The first kappa shape index (κ1) is 12.3. The van der Waals surface area contributed by atoms with Gasteiger partial charge in [-0.1, -0.05) is 0 Å². The van der Waals surface area contributed by atoms with Gasteiger partial charge in [-0.25, -0.2) is 4.79 Å². The molecule has 0 radical (unpaired) electrons. The average molecular weight is 339 g/mol. The Kier molecular flexibility index (Phi) is 2.83. The highest BCUT2D eigenvalue weighted by atomic mass is 79.9. The molecule has 2 heterocycles. The Morgan fingerprint density at radius 2 is 1.95 bits per heavy atom. The summed E-state index contributed by atoms with van der Waals surface area (Å²) in [7, 11) is 0. The molecule has 6 heteroatoms. The number of phenolic OH excluding ortho intramolecular Hbond substituents is 2. The van der Waals surface area contributed by atoms with Crippen molar-refractivity contribution < 1.29 is 14.6 Å². The van der Waals surface area contributed by atoms with Crippen LogP contribution in [0.25, 0.3) is 21.4 Å². The summed E-state index contributed by atoms with van der Waals surface area (Å²) < 4.78 is 6.01. The number of fused-ring (bicyclic) bond motifs is 1. The number of hydrogen-bond donors (Lipinski definition) is 2. The molecule has 0 aliphatic rings. The van der Waals surface area contributed by atoms with Crippen LogP contribution in [-0.4, -0.2) is 10.2 Å². The highest BCUT2D eigenvalue weighted by Crippen LogP contribution is 2.33. The van der Waals surface area contributed by atoms with Crippen LogP contribution in [0, 0.1) is 0 Å². The molecule has 0 amide bonds. The lowest BCUT2D eigenvalue weighted by molar-refractivity contribution is 0.451. The summed E-state index contributed by atoms with van der Waals surface area (Å²) >= 11 is 4.72. The van der Waals surface area contributed by atoms with E-state index in [9.17, 15) is 15.0 Å². The Bertz CT molecular complexity index is 834. The lowest BCUT2D eigenvalue weighted by Gasteiger charge is -2.03. The summed E-state index contributed by atoms with van der Waals surface area (Å²) in [6.07, 6.45) is 0. The summed E-state index contributed by atoms with van der Waals surface area (Å²) in [6.45, 7) is 0. The van der Waals surface area contributed by atoms with E-state index >= 15 is 0 Å². The summed E-state index contributed by atoms with van der Waals surface area (Å²) in [4.78, 5) is 12.7. The first-order chi connectivity index (χ1) is 9.04. The van der Waals surface area contributed by atoms with Gasteiger partial charge in [0.2, 0.25) is 0 Å². The van der Waals surface area contributed by atoms with Gasteiger partial charge in [0.25, 0.3) is 0 Å². The molecule has 0 bridgehead atoms. The Balaban J connectivity index is 2.33. The molecule has 3 aromatic rings. The minimum Gasteiger partial charge on any atom is -0.508 e. The first-order valence-electron chi connectivity index (χ1n) is 5.29. The molecule has 0 spiro atoms. The maximum Gasteiger partial charge on any atom is 0.345 e. The number of phenols is 2. The third kappa shape index (κ3) is 2.13. The molecule has 0 unspecified atom stereocenters. The number of halogens is 1. The summed E-state index contributed by atoms with van der Waals surface area (Å²) in [5.74, 6) is -0.282. The molecular weight excluding hydrogens is 332 g/mol. The minimum atomic E-state index is -0.508. The van der Waals surface area contributed by atoms with Gasteiger partial charge in [0, 0.05) is 26.9 Å². The van der Waals surface area contributed by atoms with Crippen molar-refractivity contribution in [1.82, 2.24) is 0 Å². The maximum atomic E-state index is 11.9. The summed E-state index contributed by atoms with van der Waals surface area (Å²) in [5, 5.41) is 21.4. The highest BCUT2D eigenvalue weighted by molar-refractivity contribution is 9.10. The third-order valence-corrected chi connectivity index (χ3v) is 4.37. The molecule has 4 nitrogen and oxygen atoms in total. The SMILES string of the molecule is O=c1oc2cc(O)cc(O)c2cc1-c1cc(Br)cs1. The van der Waals surface area contributed by atoms with Crippen molar-refractivity contribution >= 4 is 38.2 Å². The molecule has 96 valence electrons. The topological polar surface area (TPSA) is 70.7 Å². The zero-order valence-electron chi connectivity index (χ0n) is 9.38. The van der Waals surface area contributed by atoms with Crippen molar-refractivity contribution in [1.29, 1.82) is 0 Å². The number of hydrogen-bond acceptors (Lipinski definition) is 5. The summed E-state index contributed by atoms with van der Waals surface area (Å²) in [5.41, 5.74) is 0.0258. The van der Waals surface area contributed by atoms with Crippen LogP contribution in [0.2, 0.25) is 0 Å². The fraction of sp³-hybridized carbons (Fsp3) is 0. The molecule has 2 aromatic heterocycles. The van der Waals surface area contributed by atoms with Crippen LogP contribution >= 0.6 is 27.3 Å². The predicted molar refractivity (Wildman–Crippen MR) is 76.8 cm³/mol. The van der Waals surface area contributed by atoms with E-state index in [1.807, 2.05) is 5.38 Å². The van der Waals surface area contributed by atoms with Crippen molar-refractivity contribution in [2.75, 3.05) is 0 Å². The van der Waals surface area contributed by atoms with E-state index in [0.29, 0.717) is 10.9 Å². The van der Waals surface area contributed by atoms with Crippen LogP contribution in [0.3, 0.4) is 0 Å². The van der Waals surface area contributed by atoms with Gasteiger partial charge in [-0.3, -0.25) is 0 Å². The minimum absolute atomic E-state index is 0.129. The van der Waals surface area contributed by atoms with Crippen LogP contribution in [0.5, 0.6) is 11.5 Å². The Morgan fingerprint density at radius 1 is 1.16 bits per heavy atom. The monoisotopic (exact) mass is 338 g/mol. The zero-order valence-corrected chi connectivity index (χ0v) is 11.8. The number of rotatable bonds is 1. The van der Waals surface area contributed by atoms with Crippen molar-refractivity contribution in [2.45, 2.75) is 0 Å². The van der Waals surface area contributed by atoms with Crippen molar-refractivity contribution in [3.63, 3.8) is 0 Å². The predicted octanol–water partition coefficient (Wildman–Crippen LogP) is 3.70. The molecule has 0 aliphatic carbocycles. The maximum absolute atomic E-state index is 11.9. The Morgan fingerprint density at radius 3 is 2.63 bits per heavy atom.